The Kier molecular flexibility index (Phi) is 2.33. The van der Waals surface area contributed by atoms with Gasteiger partial charge in [-0.25, -0.2) is 0 Å². The summed E-state index contributed by atoms with van der Waals surface area (Å²) < 4.78 is 4.05. The molecule has 0 amide bonds. The Morgan fingerprint density at radius 2 is 2.19 bits per heavy atom. The zero-order valence-electron chi connectivity index (χ0n) is 10.2. The maximum absolute atomic E-state index is 2.52. The van der Waals surface area contributed by atoms with E-state index in [1.54, 1.807) is 11.3 Å². The van der Waals surface area contributed by atoms with Gasteiger partial charge in [-0.05, 0) is 44.3 Å². The third kappa shape index (κ3) is 1.35. The molecule has 0 aliphatic carbocycles. The van der Waals surface area contributed by atoms with Gasteiger partial charge in [0.1, 0.15) is 0 Å². The minimum absolute atomic E-state index is 0.562. The highest BCUT2D eigenvalue weighted by Gasteiger charge is 2.23. The predicted octanol–water partition coefficient (Wildman–Crippen LogP) is 3.27. The van der Waals surface area contributed by atoms with Gasteiger partial charge in [0.2, 0.25) is 0 Å². The van der Waals surface area contributed by atoms with Crippen molar-refractivity contribution in [3.8, 4) is 0 Å². The molecule has 0 bridgehead atoms. The van der Waals surface area contributed by atoms with Crippen molar-refractivity contribution in [1.82, 2.24) is 9.47 Å². The van der Waals surface area contributed by atoms with Gasteiger partial charge in [0.15, 0.2) is 0 Å². The molecule has 0 radical (unpaired) electrons. The first-order valence-corrected chi connectivity index (χ1v) is 6.84. The van der Waals surface area contributed by atoms with Crippen LogP contribution in [0.3, 0.4) is 0 Å². The third-order valence-corrected chi connectivity index (χ3v) is 4.46. The van der Waals surface area contributed by atoms with E-state index in [1.807, 2.05) is 11.3 Å². The number of thiophene rings is 1. The van der Waals surface area contributed by atoms with Crippen LogP contribution in [0.5, 0.6) is 0 Å². The number of fused-ring (bicyclic) bond motifs is 3. The van der Waals surface area contributed by atoms with E-state index in [4.69, 9.17) is 0 Å². The first kappa shape index (κ1) is 10.4. The fourth-order valence-electron chi connectivity index (χ4n) is 2.80. The molecule has 3 heteroatoms. The van der Waals surface area contributed by atoms with Gasteiger partial charge in [-0.2, -0.15) is 0 Å². The van der Waals surface area contributed by atoms with E-state index in [1.165, 1.54) is 23.2 Å². The molecule has 0 saturated heterocycles. The molecule has 0 fully saturated rings. The first-order valence-electron chi connectivity index (χ1n) is 5.96. The second kappa shape index (κ2) is 3.60. The Hall–Kier alpha value is -0.800. The molecular formula is C13H18N2S. The molecule has 1 aliphatic heterocycles. The number of aromatic nitrogens is 1. The summed E-state index contributed by atoms with van der Waals surface area (Å²) in [5, 5.41) is 2.22. The van der Waals surface area contributed by atoms with E-state index < -0.39 is 0 Å². The number of rotatable bonds is 1. The summed E-state index contributed by atoms with van der Waals surface area (Å²) >= 11 is 1.90. The van der Waals surface area contributed by atoms with Crippen molar-refractivity contribution in [2.24, 2.45) is 0 Å². The summed E-state index contributed by atoms with van der Waals surface area (Å²) in [6, 6.07) is 2.84. The van der Waals surface area contributed by atoms with Crippen molar-refractivity contribution in [3.63, 3.8) is 0 Å². The Labute approximate surface area is 100 Å². The molecule has 1 aliphatic rings. The molecule has 0 N–H and O–H groups in total. The summed E-state index contributed by atoms with van der Waals surface area (Å²) in [4.78, 5) is 2.42. The monoisotopic (exact) mass is 234 g/mol. The lowest BCUT2D eigenvalue weighted by molar-refractivity contribution is 0.300. The first-order chi connectivity index (χ1) is 7.68. The molecule has 0 unspecified atom stereocenters. The van der Waals surface area contributed by atoms with Crippen LogP contribution in [0.15, 0.2) is 11.4 Å². The molecule has 86 valence electrons. The summed E-state index contributed by atoms with van der Waals surface area (Å²) in [6.07, 6.45) is 1.21. The summed E-state index contributed by atoms with van der Waals surface area (Å²) in [6.45, 7) is 6.87. The van der Waals surface area contributed by atoms with E-state index in [9.17, 15) is 0 Å². The maximum Gasteiger partial charge on any atom is 0.0597 e. The average Bonchev–Trinajstić information content (AvgIpc) is 2.75. The van der Waals surface area contributed by atoms with Gasteiger partial charge < -0.3 is 9.47 Å². The van der Waals surface area contributed by atoms with Crippen LogP contribution in [0.1, 0.15) is 31.1 Å². The second-order valence-corrected chi connectivity index (χ2v) is 5.93. The molecule has 16 heavy (non-hydrogen) atoms. The Balaban J connectivity index is 2.28. The van der Waals surface area contributed by atoms with Crippen molar-refractivity contribution < 1.29 is 0 Å². The van der Waals surface area contributed by atoms with Crippen LogP contribution in [0, 0.1) is 0 Å². The topological polar surface area (TPSA) is 8.17 Å². The number of hydrogen-bond acceptors (Lipinski definition) is 2. The molecule has 2 aromatic rings. The quantitative estimate of drug-likeness (QED) is 0.735. The van der Waals surface area contributed by atoms with E-state index in [0.29, 0.717) is 6.04 Å². The highest BCUT2D eigenvalue weighted by Crippen LogP contribution is 2.35. The largest absolute Gasteiger partial charge is 0.340 e. The third-order valence-electron chi connectivity index (χ3n) is 3.50. The molecule has 0 saturated carbocycles. The molecule has 2 aromatic heterocycles. The van der Waals surface area contributed by atoms with Crippen molar-refractivity contribution in [3.05, 3.63) is 22.7 Å². The highest BCUT2D eigenvalue weighted by atomic mass is 32.1. The Morgan fingerprint density at radius 3 is 2.94 bits per heavy atom. The van der Waals surface area contributed by atoms with Crippen LogP contribution in [0.2, 0.25) is 0 Å². The molecule has 2 nitrogen and oxygen atoms in total. The minimum atomic E-state index is 0.562. The molecule has 0 aromatic carbocycles. The van der Waals surface area contributed by atoms with E-state index in [0.717, 1.165) is 6.54 Å². The highest BCUT2D eigenvalue weighted by molar-refractivity contribution is 7.17. The van der Waals surface area contributed by atoms with Crippen LogP contribution >= 0.6 is 11.3 Å². The number of likely N-dealkylation sites (N-methyl/N-ethyl adjacent to an activating group) is 1. The van der Waals surface area contributed by atoms with E-state index in [-0.39, 0.29) is 0 Å². The predicted molar refractivity (Wildman–Crippen MR) is 70.2 cm³/mol. The van der Waals surface area contributed by atoms with Crippen LogP contribution in [-0.4, -0.2) is 23.1 Å². The van der Waals surface area contributed by atoms with Gasteiger partial charge in [-0.1, -0.05) is 0 Å². The zero-order chi connectivity index (χ0) is 11.3. The standard InChI is InChI=1S/C13H18N2S/c1-9(2)15-11-5-7-16-13(11)10-4-6-14(3)8-12(10)15/h5,7,9H,4,6,8H2,1-3H3. The average molecular weight is 234 g/mol. The van der Waals surface area contributed by atoms with Crippen molar-refractivity contribution >= 4 is 21.6 Å². The van der Waals surface area contributed by atoms with Gasteiger partial charge in [0.25, 0.3) is 0 Å². The molecule has 0 spiro atoms. The Bertz CT molecular complexity index is 521. The van der Waals surface area contributed by atoms with E-state index in [2.05, 4.69) is 41.8 Å². The number of hydrogen-bond donors (Lipinski definition) is 0. The fraction of sp³-hybridized carbons (Fsp3) is 0.538. The zero-order valence-corrected chi connectivity index (χ0v) is 11.0. The summed E-state index contributed by atoms with van der Waals surface area (Å²) in [5.41, 5.74) is 4.60. The summed E-state index contributed by atoms with van der Waals surface area (Å²) in [7, 11) is 2.22. The smallest absolute Gasteiger partial charge is 0.0597 e. The van der Waals surface area contributed by atoms with Gasteiger partial charge in [0.05, 0.1) is 10.2 Å². The van der Waals surface area contributed by atoms with Crippen LogP contribution in [0.25, 0.3) is 10.2 Å². The van der Waals surface area contributed by atoms with Crippen molar-refractivity contribution in [1.29, 1.82) is 0 Å². The van der Waals surface area contributed by atoms with Crippen LogP contribution in [-0.2, 0) is 13.0 Å². The van der Waals surface area contributed by atoms with Crippen LogP contribution in [0.4, 0.5) is 0 Å². The van der Waals surface area contributed by atoms with Crippen molar-refractivity contribution in [2.75, 3.05) is 13.6 Å². The Morgan fingerprint density at radius 1 is 1.38 bits per heavy atom. The summed E-state index contributed by atoms with van der Waals surface area (Å²) in [5.74, 6) is 0. The van der Waals surface area contributed by atoms with Gasteiger partial charge in [0, 0.05) is 24.8 Å². The normalized spacial score (nSPS) is 17.2. The SMILES string of the molecule is CC(C)n1c2c(c3sccc31)CCN(C)C2. The maximum atomic E-state index is 2.52. The lowest BCUT2D eigenvalue weighted by atomic mass is 10.1. The minimum Gasteiger partial charge on any atom is -0.340 e. The molecule has 0 atom stereocenters. The molecule has 3 rings (SSSR count). The van der Waals surface area contributed by atoms with Gasteiger partial charge >= 0.3 is 0 Å². The van der Waals surface area contributed by atoms with E-state index >= 15 is 0 Å². The van der Waals surface area contributed by atoms with Gasteiger partial charge in [-0.15, -0.1) is 11.3 Å². The second-order valence-electron chi connectivity index (χ2n) is 5.01. The number of nitrogens with zero attached hydrogens (tertiary/aromatic N) is 2. The lowest BCUT2D eigenvalue weighted by Gasteiger charge is -2.25. The molecule has 3 heterocycles. The fourth-order valence-corrected chi connectivity index (χ4v) is 3.78. The lowest BCUT2D eigenvalue weighted by Crippen LogP contribution is -2.28. The van der Waals surface area contributed by atoms with Gasteiger partial charge in [-0.3, -0.25) is 0 Å². The van der Waals surface area contributed by atoms with Crippen molar-refractivity contribution in [2.45, 2.75) is 32.9 Å². The molecular weight excluding hydrogens is 216 g/mol. The van der Waals surface area contributed by atoms with Crippen LogP contribution < -0.4 is 0 Å².